The van der Waals surface area contributed by atoms with E-state index in [-0.39, 0.29) is 37.7 Å². The number of hydrogen-bond acceptors (Lipinski definition) is 5. The monoisotopic (exact) mass is 629 g/mol. The highest BCUT2D eigenvalue weighted by Crippen LogP contribution is 2.21. The van der Waals surface area contributed by atoms with Crippen LogP contribution in [0.2, 0.25) is 0 Å². The number of rotatable bonds is 12. The third kappa shape index (κ3) is 8.48. The maximum Gasteiger partial charge on any atom is 0.404 e. The molecule has 2 aliphatic rings. The van der Waals surface area contributed by atoms with Crippen molar-refractivity contribution in [1.29, 1.82) is 0 Å². The number of nitrogens with one attached hydrogen (secondary N) is 3. The van der Waals surface area contributed by atoms with Gasteiger partial charge in [0.05, 0.1) is 6.04 Å². The standard InChI is InChI=1S/C35H40FN5O5/c36-28-14-12-25(13-15-28)21-30(39-32(42)29-22-26-9-4-5-10-27(26)23-38-29)33(43)41-20-19-40(18-16-24-7-2-1-3-8-24)34(44)31(41)11-6-17-37-35(45)46/h1-5,7-10,12-15,29-31,37-38H,6,11,16-23H2,(H,39,42)(H,45,46). The molecular formula is C35H40FN5O5. The topological polar surface area (TPSA) is 131 Å². The number of halogens is 1. The molecule has 1 saturated heterocycles. The van der Waals surface area contributed by atoms with E-state index in [1.807, 2.05) is 54.6 Å². The summed E-state index contributed by atoms with van der Waals surface area (Å²) in [5.74, 6) is -1.35. The van der Waals surface area contributed by atoms with Crippen LogP contribution >= 0.6 is 0 Å². The maximum absolute atomic E-state index is 14.3. The number of carbonyl (C=O) groups is 4. The molecule has 0 bridgehead atoms. The molecule has 3 aromatic carbocycles. The van der Waals surface area contributed by atoms with E-state index >= 15 is 0 Å². The van der Waals surface area contributed by atoms with Crippen molar-refractivity contribution in [1.82, 2.24) is 25.8 Å². The molecule has 242 valence electrons. The molecule has 2 heterocycles. The van der Waals surface area contributed by atoms with Crippen LogP contribution in [0.3, 0.4) is 0 Å². The minimum atomic E-state index is -1.16. The van der Waals surface area contributed by atoms with Gasteiger partial charge in [-0.25, -0.2) is 9.18 Å². The van der Waals surface area contributed by atoms with Crippen LogP contribution in [0.25, 0.3) is 0 Å². The quantitative estimate of drug-likeness (QED) is 0.228. The number of amides is 4. The van der Waals surface area contributed by atoms with E-state index in [9.17, 15) is 23.6 Å². The summed E-state index contributed by atoms with van der Waals surface area (Å²) < 4.78 is 13.7. The van der Waals surface area contributed by atoms with E-state index in [0.29, 0.717) is 44.5 Å². The molecule has 3 unspecified atom stereocenters. The summed E-state index contributed by atoms with van der Waals surface area (Å²) in [5, 5.41) is 17.6. The van der Waals surface area contributed by atoms with Gasteiger partial charge in [0.2, 0.25) is 17.7 Å². The molecule has 5 rings (SSSR count). The van der Waals surface area contributed by atoms with Gasteiger partial charge >= 0.3 is 6.09 Å². The van der Waals surface area contributed by atoms with Crippen LogP contribution in [0.15, 0.2) is 78.9 Å². The lowest BCUT2D eigenvalue weighted by Gasteiger charge is -2.42. The van der Waals surface area contributed by atoms with Gasteiger partial charge < -0.3 is 30.9 Å². The predicted octanol–water partition coefficient (Wildman–Crippen LogP) is 2.90. The summed E-state index contributed by atoms with van der Waals surface area (Å²) in [6.07, 6.45) is 0.688. The first kappa shape index (κ1) is 32.6. The predicted molar refractivity (Wildman–Crippen MR) is 170 cm³/mol. The zero-order valence-electron chi connectivity index (χ0n) is 25.7. The Morgan fingerprint density at radius 3 is 2.39 bits per heavy atom. The third-order valence-electron chi connectivity index (χ3n) is 8.68. The first-order chi connectivity index (χ1) is 22.3. The van der Waals surface area contributed by atoms with Crippen LogP contribution < -0.4 is 16.0 Å². The Hall–Kier alpha value is -4.77. The summed E-state index contributed by atoms with van der Waals surface area (Å²) in [6.45, 7) is 1.74. The Morgan fingerprint density at radius 2 is 1.65 bits per heavy atom. The summed E-state index contributed by atoms with van der Waals surface area (Å²) in [4.78, 5) is 56.1. The van der Waals surface area contributed by atoms with Crippen LogP contribution in [0.4, 0.5) is 9.18 Å². The van der Waals surface area contributed by atoms with Crippen LogP contribution in [-0.4, -0.2) is 83.0 Å². The zero-order valence-corrected chi connectivity index (χ0v) is 25.7. The minimum Gasteiger partial charge on any atom is -0.465 e. The molecule has 3 aromatic rings. The molecule has 11 heteroatoms. The smallest absolute Gasteiger partial charge is 0.404 e. The molecule has 0 spiro atoms. The normalized spacial score (nSPS) is 18.4. The first-order valence-corrected chi connectivity index (χ1v) is 15.7. The van der Waals surface area contributed by atoms with Gasteiger partial charge in [0.1, 0.15) is 17.9 Å². The molecule has 1 fully saturated rings. The average molecular weight is 630 g/mol. The lowest BCUT2D eigenvalue weighted by Crippen LogP contribution is -2.63. The minimum absolute atomic E-state index is 0.115. The number of hydrogen-bond donors (Lipinski definition) is 4. The Bertz CT molecular complexity index is 1520. The fourth-order valence-electron chi connectivity index (χ4n) is 6.17. The first-order valence-electron chi connectivity index (χ1n) is 15.7. The van der Waals surface area contributed by atoms with Crippen molar-refractivity contribution in [2.45, 2.75) is 56.8 Å². The summed E-state index contributed by atoms with van der Waals surface area (Å²) >= 11 is 0. The molecule has 10 nitrogen and oxygen atoms in total. The number of carboxylic acid groups (broad SMARTS) is 1. The van der Waals surface area contributed by atoms with Gasteiger partial charge in [-0.05, 0) is 60.1 Å². The highest BCUT2D eigenvalue weighted by molar-refractivity contribution is 5.94. The van der Waals surface area contributed by atoms with Gasteiger partial charge in [0.15, 0.2) is 0 Å². The molecule has 0 radical (unpaired) electrons. The van der Waals surface area contributed by atoms with E-state index in [2.05, 4.69) is 16.0 Å². The largest absolute Gasteiger partial charge is 0.465 e. The van der Waals surface area contributed by atoms with Crippen molar-refractivity contribution < 1.29 is 28.7 Å². The Balaban J connectivity index is 1.34. The van der Waals surface area contributed by atoms with E-state index in [1.165, 1.54) is 17.0 Å². The highest BCUT2D eigenvalue weighted by Gasteiger charge is 2.40. The zero-order chi connectivity index (χ0) is 32.5. The van der Waals surface area contributed by atoms with Crippen molar-refractivity contribution in [2.24, 2.45) is 0 Å². The van der Waals surface area contributed by atoms with Crippen molar-refractivity contribution in [2.75, 3.05) is 26.2 Å². The Kier molecular flexibility index (Phi) is 11.0. The number of nitrogens with zero attached hydrogens (tertiary/aromatic N) is 2. The van der Waals surface area contributed by atoms with Gasteiger partial charge in [0, 0.05) is 39.1 Å². The van der Waals surface area contributed by atoms with Crippen molar-refractivity contribution >= 4 is 23.8 Å². The average Bonchev–Trinajstić information content (AvgIpc) is 3.07. The lowest BCUT2D eigenvalue weighted by molar-refractivity contribution is -0.153. The Morgan fingerprint density at radius 1 is 0.935 bits per heavy atom. The van der Waals surface area contributed by atoms with Gasteiger partial charge in [-0.1, -0.05) is 66.7 Å². The molecule has 0 saturated carbocycles. The lowest BCUT2D eigenvalue weighted by atomic mass is 9.95. The number of piperazine rings is 1. The van der Waals surface area contributed by atoms with E-state index < -0.39 is 35.9 Å². The molecule has 0 aromatic heterocycles. The van der Waals surface area contributed by atoms with Gasteiger partial charge in [-0.15, -0.1) is 0 Å². The van der Waals surface area contributed by atoms with Gasteiger partial charge in [-0.2, -0.15) is 0 Å². The molecule has 3 atom stereocenters. The van der Waals surface area contributed by atoms with Crippen LogP contribution in [0.5, 0.6) is 0 Å². The summed E-state index contributed by atoms with van der Waals surface area (Å²) in [7, 11) is 0. The van der Waals surface area contributed by atoms with Crippen LogP contribution in [0.1, 0.15) is 35.1 Å². The second kappa shape index (κ2) is 15.5. The van der Waals surface area contributed by atoms with E-state index in [4.69, 9.17) is 5.11 Å². The second-order valence-electron chi connectivity index (χ2n) is 11.8. The summed E-state index contributed by atoms with van der Waals surface area (Å²) in [5.41, 5.74) is 3.94. The van der Waals surface area contributed by atoms with Gasteiger partial charge in [0.25, 0.3) is 0 Å². The second-order valence-corrected chi connectivity index (χ2v) is 11.8. The molecule has 4 amide bonds. The molecule has 4 N–H and O–H groups in total. The number of benzene rings is 3. The highest BCUT2D eigenvalue weighted by atomic mass is 19.1. The summed E-state index contributed by atoms with van der Waals surface area (Å²) in [6, 6.07) is 21.1. The molecule has 2 aliphatic heterocycles. The van der Waals surface area contributed by atoms with E-state index in [0.717, 1.165) is 16.7 Å². The van der Waals surface area contributed by atoms with Crippen LogP contribution in [-0.2, 0) is 40.2 Å². The number of carbonyl (C=O) groups excluding carboxylic acids is 3. The van der Waals surface area contributed by atoms with Crippen molar-refractivity contribution in [3.63, 3.8) is 0 Å². The third-order valence-corrected chi connectivity index (χ3v) is 8.68. The fraction of sp³-hybridized carbons (Fsp3) is 0.371. The Labute approximate surface area is 268 Å². The van der Waals surface area contributed by atoms with Crippen molar-refractivity contribution in [3.05, 3.63) is 107 Å². The van der Waals surface area contributed by atoms with Crippen molar-refractivity contribution in [3.8, 4) is 0 Å². The molecule has 46 heavy (non-hydrogen) atoms. The maximum atomic E-state index is 14.3. The van der Waals surface area contributed by atoms with Gasteiger partial charge in [-0.3, -0.25) is 14.4 Å². The van der Waals surface area contributed by atoms with E-state index in [1.54, 1.807) is 17.0 Å². The molecule has 0 aliphatic carbocycles. The van der Waals surface area contributed by atoms with Crippen LogP contribution in [0, 0.1) is 5.82 Å². The molecular weight excluding hydrogens is 589 g/mol. The fourth-order valence-corrected chi connectivity index (χ4v) is 6.17. The SMILES string of the molecule is O=C(O)NCCCC1C(=O)N(CCc2ccccc2)CCN1C(=O)C(Cc1ccc(F)cc1)NC(=O)C1Cc2ccccc2CN1. The number of fused-ring (bicyclic) bond motifs is 1.